The Kier molecular flexibility index (Phi) is 3.27. The number of hydrogen-bond donors (Lipinski definition) is 2. The normalized spacial score (nSPS) is 12.1. The molecule has 2 aromatic rings. The summed E-state index contributed by atoms with van der Waals surface area (Å²) in [5, 5.41) is 19.7. The summed E-state index contributed by atoms with van der Waals surface area (Å²) in [6, 6.07) is 2.32. The van der Waals surface area contributed by atoms with E-state index < -0.39 is 10.8 Å². The summed E-state index contributed by atoms with van der Waals surface area (Å²) >= 11 is 0. The predicted octanol–water partition coefficient (Wildman–Crippen LogP) is 0.542. The molecule has 2 aromatic heterocycles. The van der Waals surface area contributed by atoms with Gasteiger partial charge in [-0.05, 0) is 17.9 Å². The van der Waals surface area contributed by atoms with Crippen LogP contribution in [-0.2, 0) is 7.05 Å². The highest BCUT2D eigenvalue weighted by Crippen LogP contribution is 2.16. The molecule has 2 rings (SSSR count). The minimum Gasteiger partial charge on any atom is -0.358 e. The van der Waals surface area contributed by atoms with Gasteiger partial charge in [0.15, 0.2) is 5.69 Å². The lowest BCUT2D eigenvalue weighted by molar-refractivity contribution is -0.391. The minimum atomic E-state index is -0.545. The van der Waals surface area contributed by atoms with Gasteiger partial charge in [0.25, 0.3) is 5.91 Å². The molecule has 0 saturated carbocycles. The monoisotopic (exact) mass is 264 g/mol. The van der Waals surface area contributed by atoms with Crippen LogP contribution in [0.3, 0.4) is 0 Å². The molecule has 9 nitrogen and oxygen atoms in total. The number of nitrogens with one attached hydrogen (secondary N) is 2. The Balaban J connectivity index is 2.14. The standard InChI is InChI=1S/C10H12N6O3/c1-6(9-11-5-12-14-9)13-10(17)7-3-4-8(15(7)2)16(18)19/h3-6H,1-2H3,(H,13,17)(H,11,12,14). The van der Waals surface area contributed by atoms with E-state index in [-0.39, 0.29) is 17.6 Å². The van der Waals surface area contributed by atoms with Crippen molar-refractivity contribution in [1.82, 2.24) is 25.1 Å². The summed E-state index contributed by atoms with van der Waals surface area (Å²) in [6.07, 6.45) is 1.34. The first kappa shape index (κ1) is 12.7. The lowest BCUT2D eigenvalue weighted by Crippen LogP contribution is -2.29. The van der Waals surface area contributed by atoms with Gasteiger partial charge in [-0.1, -0.05) is 0 Å². The Labute approximate surface area is 107 Å². The molecule has 1 unspecified atom stereocenters. The second kappa shape index (κ2) is 4.88. The molecular formula is C10H12N6O3. The summed E-state index contributed by atoms with van der Waals surface area (Å²) in [6.45, 7) is 1.73. The van der Waals surface area contributed by atoms with Crippen molar-refractivity contribution in [3.8, 4) is 0 Å². The van der Waals surface area contributed by atoms with Crippen molar-refractivity contribution in [2.75, 3.05) is 0 Å². The first-order valence-electron chi connectivity index (χ1n) is 5.47. The molecule has 0 radical (unpaired) electrons. The van der Waals surface area contributed by atoms with Gasteiger partial charge in [0.2, 0.25) is 0 Å². The van der Waals surface area contributed by atoms with Crippen LogP contribution in [0.2, 0.25) is 0 Å². The maximum absolute atomic E-state index is 12.0. The van der Waals surface area contributed by atoms with Crippen LogP contribution < -0.4 is 5.32 Å². The summed E-state index contributed by atoms with van der Waals surface area (Å²) < 4.78 is 1.22. The maximum atomic E-state index is 12.0. The summed E-state index contributed by atoms with van der Waals surface area (Å²) in [5.41, 5.74) is 0.207. The van der Waals surface area contributed by atoms with Crippen molar-refractivity contribution >= 4 is 11.7 Å². The molecule has 100 valence electrons. The van der Waals surface area contributed by atoms with Crippen molar-refractivity contribution in [2.24, 2.45) is 7.05 Å². The molecule has 2 heterocycles. The van der Waals surface area contributed by atoms with Crippen molar-refractivity contribution < 1.29 is 9.72 Å². The molecule has 1 amide bonds. The van der Waals surface area contributed by atoms with Crippen LogP contribution in [0.5, 0.6) is 0 Å². The van der Waals surface area contributed by atoms with Gasteiger partial charge in [-0.2, -0.15) is 5.10 Å². The number of hydrogen-bond acceptors (Lipinski definition) is 5. The Morgan fingerprint density at radius 3 is 2.84 bits per heavy atom. The number of H-pyrrole nitrogens is 1. The zero-order chi connectivity index (χ0) is 14.0. The molecule has 0 spiro atoms. The molecule has 0 saturated heterocycles. The van der Waals surface area contributed by atoms with Crippen LogP contribution in [-0.4, -0.2) is 30.6 Å². The molecule has 0 fully saturated rings. The highest BCUT2D eigenvalue weighted by molar-refractivity contribution is 5.93. The zero-order valence-corrected chi connectivity index (χ0v) is 10.3. The largest absolute Gasteiger partial charge is 0.358 e. The van der Waals surface area contributed by atoms with Gasteiger partial charge in [0.05, 0.1) is 13.1 Å². The van der Waals surface area contributed by atoms with E-state index in [0.29, 0.717) is 5.82 Å². The lowest BCUT2D eigenvalue weighted by Gasteiger charge is -2.09. The van der Waals surface area contributed by atoms with E-state index in [1.54, 1.807) is 6.92 Å². The van der Waals surface area contributed by atoms with E-state index in [9.17, 15) is 14.9 Å². The number of carbonyl (C=O) groups is 1. The fraction of sp³-hybridized carbons (Fsp3) is 0.300. The van der Waals surface area contributed by atoms with E-state index in [4.69, 9.17) is 0 Å². The predicted molar refractivity (Wildman–Crippen MR) is 64.3 cm³/mol. The SMILES string of the molecule is CC(NC(=O)c1ccc([N+](=O)[O-])n1C)c1ncn[nH]1. The fourth-order valence-electron chi connectivity index (χ4n) is 1.67. The van der Waals surface area contributed by atoms with E-state index in [1.807, 2.05) is 0 Å². The Hall–Kier alpha value is -2.71. The van der Waals surface area contributed by atoms with E-state index in [2.05, 4.69) is 20.5 Å². The Morgan fingerprint density at radius 2 is 2.32 bits per heavy atom. The molecule has 0 aliphatic heterocycles. The Bertz CT molecular complexity index is 603. The second-order valence-corrected chi connectivity index (χ2v) is 3.96. The summed E-state index contributed by atoms with van der Waals surface area (Å²) in [7, 11) is 1.46. The number of nitrogens with zero attached hydrogens (tertiary/aromatic N) is 4. The number of aromatic nitrogens is 4. The van der Waals surface area contributed by atoms with Crippen molar-refractivity contribution in [3.63, 3.8) is 0 Å². The van der Waals surface area contributed by atoms with Crippen LogP contribution in [0.1, 0.15) is 29.3 Å². The van der Waals surface area contributed by atoms with Gasteiger partial charge >= 0.3 is 5.82 Å². The van der Waals surface area contributed by atoms with Crippen LogP contribution >= 0.6 is 0 Å². The van der Waals surface area contributed by atoms with E-state index >= 15 is 0 Å². The molecule has 9 heteroatoms. The van der Waals surface area contributed by atoms with Crippen molar-refractivity contribution in [2.45, 2.75) is 13.0 Å². The van der Waals surface area contributed by atoms with Gasteiger partial charge in [-0.15, -0.1) is 0 Å². The van der Waals surface area contributed by atoms with E-state index in [0.717, 1.165) is 0 Å². The molecule has 2 N–H and O–H groups in total. The number of carbonyl (C=O) groups excluding carboxylic acids is 1. The summed E-state index contributed by atoms with van der Waals surface area (Å²) in [5.74, 6) is -0.0472. The van der Waals surface area contributed by atoms with Gasteiger partial charge < -0.3 is 15.4 Å². The summed E-state index contributed by atoms with van der Waals surface area (Å²) in [4.78, 5) is 26.1. The number of nitro groups is 1. The molecule has 1 atom stereocenters. The number of rotatable bonds is 4. The molecular weight excluding hydrogens is 252 g/mol. The van der Waals surface area contributed by atoms with Gasteiger partial charge in [0, 0.05) is 6.07 Å². The highest BCUT2D eigenvalue weighted by Gasteiger charge is 2.22. The fourth-order valence-corrected chi connectivity index (χ4v) is 1.67. The van der Waals surface area contributed by atoms with Crippen molar-refractivity contribution in [3.05, 3.63) is 40.1 Å². The quantitative estimate of drug-likeness (QED) is 0.617. The zero-order valence-electron chi connectivity index (χ0n) is 10.3. The third-order valence-electron chi connectivity index (χ3n) is 2.71. The number of amides is 1. The van der Waals surface area contributed by atoms with Crippen LogP contribution in [0.25, 0.3) is 0 Å². The maximum Gasteiger partial charge on any atom is 0.323 e. The van der Waals surface area contributed by atoms with Gasteiger partial charge in [-0.25, -0.2) is 9.55 Å². The minimum absolute atomic E-state index is 0.141. The third-order valence-corrected chi connectivity index (χ3v) is 2.71. The highest BCUT2D eigenvalue weighted by atomic mass is 16.6. The molecule has 19 heavy (non-hydrogen) atoms. The third kappa shape index (κ3) is 2.44. The topological polar surface area (TPSA) is 119 Å². The lowest BCUT2D eigenvalue weighted by atomic mass is 10.3. The second-order valence-electron chi connectivity index (χ2n) is 3.96. The first-order chi connectivity index (χ1) is 9.00. The van der Waals surface area contributed by atoms with E-state index in [1.165, 1.54) is 30.1 Å². The smallest absolute Gasteiger partial charge is 0.323 e. The molecule has 0 aromatic carbocycles. The van der Waals surface area contributed by atoms with Crippen LogP contribution in [0, 0.1) is 10.1 Å². The van der Waals surface area contributed by atoms with Gasteiger partial charge in [-0.3, -0.25) is 9.89 Å². The van der Waals surface area contributed by atoms with Gasteiger partial charge in [0.1, 0.15) is 12.2 Å². The first-order valence-corrected chi connectivity index (χ1v) is 5.47. The molecule has 0 aliphatic carbocycles. The van der Waals surface area contributed by atoms with Crippen molar-refractivity contribution in [1.29, 1.82) is 0 Å². The number of aromatic amines is 1. The molecule has 0 aliphatic rings. The Morgan fingerprint density at radius 1 is 1.58 bits per heavy atom. The average Bonchev–Trinajstić information content (AvgIpc) is 2.96. The average molecular weight is 264 g/mol. The van der Waals surface area contributed by atoms with Crippen LogP contribution in [0.15, 0.2) is 18.5 Å². The molecule has 0 bridgehead atoms. The van der Waals surface area contributed by atoms with Crippen LogP contribution in [0.4, 0.5) is 5.82 Å².